The standard InChI is InChI=1S/C22H17F3N2O3/c1-13-12-17(30-14(2)28)9-10-19(13)27-21(29)18-4-3-11-26-20(18)15-5-7-16(8-6-15)22(23,24)25/h3-12H,1-2H3,(H,27,29). The molecule has 154 valence electrons. The van der Waals surface area contributed by atoms with E-state index in [4.69, 9.17) is 4.74 Å². The van der Waals surface area contributed by atoms with Crippen LogP contribution < -0.4 is 10.1 Å². The molecule has 0 fully saturated rings. The lowest BCUT2D eigenvalue weighted by Crippen LogP contribution is -2.15. The van der Waals surface area contributed by atoms with E-state index in [9.17, 15) is 22.8 Å². The molecule has 0 aliphatic heterocycles. The summed E-state index contributed by atoms with van der Waals surface area (Å²) in [6, 6.07) is 12.3. The zero-order valence-electron chi connectivity index (χ0n) is 16.1. The van der Waals surface area contributed by atoms with E-state index < -0.39 is 23.6 Å². The lowest BCUT2D eigenvalue weighted by molar-refractivity contribution is -0.137. The van der Waals surface area contributed by atoms with E-state index in [0.717, 1.165) is 12.1 Å². The molecular weight excluding hydrogens is 397 g/mol. The molecule has 0 saturated heterocycles. The number of nitrogens with zero attached hydrogens (tertiary/aromatic N) is 1. The van der Waals surface area contributed by atoms with Crippen LogP contribution in [0, 0.1) is 6.92 Å². The molecule has 0 spiro atoms. The fraction of sp³-hybridized carbons (Fsp3) is 0.136. The summed E-state index contributed by atoms with van der Waals surface area (Å²) in [4.78, 5) is 28.1. The van der Waals surface area contributed by atoms with E-state index in [1.165, 1.54) is 31.3 Å². The Morgan fingerprint density at radius 1 is 1.03 bits per heavy atom. The average molecular weight is 414 g/mol. The van der Waals surface area contributed by atoms with E-state index in [1.807, 2.05) is 0 Å². The Morgan fingerprint density at radius 3 is 2.33 bits per heavy atom. The molecule has 1 heterocycles. The molecule has 1 aromatic heterocycles. The lowest BCUT2D eigenvalue weighted by atomic mass is 10.0. The number of carbonyl (C=O) groups is 2. The number of anilines is 1. The molecule has 0 bridgehead atoms. The molecule has 8 heteroatoms. The van der Waals surface area contributed by atoms with Crippen LogP contribution in [0.15, 0.2) is 60.8 Å². The third-order valence-electron chi connectivity index (χ3n) is 4.25. The number of ether oxygens (including phenoxy) is 1. The predicted molar refractivity (Wildman–Crippen MR) is 105 cm³/mol. The van der Waals surface area contributed by atoms with Crippen LogP contribution in [-0.2, 0) is 11.0 Å². The summed E-state index contributed by atoms with van der Waals surface area (Å²) in [6.07, 6.45) is -2.98. The molecular formula is C22H17F3N2O3. The first-order valence-electron chi connectivity index (χ1n) is 8.88. The highest BCUT2D eigenvalue weighted by molar-refractivity contribution is 6.08. The van der Waals surface area contributed by atoms with Gasteiger partial charge >= 0.3 is 12.1 Å². The number of hydrogen-bond donors (Lipinski definition) is 1. The van der Waals surface area contributed by atoms with Crippen LogP contribution in [0.1, 0.15) is 28.4 Å². The highest BCUT2D eigenvalue weighted by Gasteiger charge is 2.30. The molecule has 0 radical (unpaired) electrons. The molecule has 0 unspecified atom stereocenters. The Balaban J connectivity index is 1.87. The minimum Gasteiger partial charge on any atom is -0.427 e. The largest absolute Gasteiger partial charge is 0.427 e. The molecule has 2 aromatic carbocycles. The second kappa shape index (κ2) is 8.36. The van der Waals surface area contributed by atoms with Gasteiger partial charge in [0, 0.05) is 24.4 Å². The first-order valence-corrected chi connectivity index (χ1v) is 8.88. The van der Waals surface area contributed by atoms with Crippen LogP contribution in [-0.4, -0.2) is 16.9 Å². The molecule has 0 saturated carbocycles. The maximum Gasteiger partial charge on any atom is 0.416 e. The van der Waals surface area contributed by atoms with Crippen molar-refractivity contribution in [3.05, 3.63) is 77.5 Å². The molecule has 0 aliphatic rings. The number of aryl methyl sites for hydroxylation is 1. The highest BCUT2D eigenvalue weighted by Crippen LogP contribution is 2.31. The summed E-state index contributed by atoms with van der Waals surface area (Å²) < 4.78 is 43.4. The van der Waals surface area contributed by atoms with Gasteiger partial charge in [0.05, 0.1) is 16.8 Å². The monoisotopic (exact) mass is 414 g/mol. The van der Waals surface area contributed by atoms with Crippen molar-refractivity contribution < 1.29 is 27.5 Å². The van der Waals surface area contributed by atoms with Crippen LogP contribution in [0.2, 0.25) is 0 Å². The molecule has 1 amide bonds. The van der Waals surface area contributed by atoms with Gasteiger partial charge in [0.15, 0.2) is 0 Å². The summed E-state index contributed by atoms with van der Waals surface area (Å²) in [6.45, 7) is 3.03. The first-order chi connectivity index (χ1) is 14.1. The summed E-state index contributed by atoms with van der Waals surface area (Å²) in [5.74, 6) is -0.575. The zero-order chi connectivity index (χ0) is 21.9. The number of nitrogens with one attached hydrogen (secondary N) is 1. The molecule has 1 N–H and O–H groups in total. The van der Waals surface area contributed by atoms with Crippen molar-refractivity contribution in [1.29, 1.82) is 0 Å². The number of carbonyl (C=O) groups excluding carboxylic acids is 2. The molecule has 0 aliphatic carbocycles. The van der Waals surface area contributed by atoms with E-state index in [-0.39, 0.29) is 11.3 Å². The SMILES string of the molecule is CC(=O)Oc1ccc(NC(=O)c2cccnc2-c2ccc(C(F)(F)F)cc2)c(C)c1. The van der Waals surface area contributed by atoms with Crippen molar-refractivity contribution in [2.24, 2.45) is 0 Å². The van der Waals surface area contributed by atoms with Crippen LogP contribution in [0.5, 0.6) is 5.75 Å². The van der Waals surface area contributed by atoms with Gasteiger partial charge in [-0.2, -0.15) is 13.2 Å². The second-order valence-electron chi connectivity index (χ2n) is 6.50. The minimum atomic E-state index is -4.45. The van der Waals surface area contributed by atoms with E-state index in [2.05, 4.69) is 10.3 Å². The Labute approximate surface area is 170 Å². The van der Waals surface area contributed by atoms with Crippen LogP contribution >= 0.6 is 0 Å². The third kappa shape index (κ3) is 4.83. The van der Waals surface area contributed by atoms with Crippen molar-refractivity contribution >= 4 is 17.6 Å². The van der Waals surface area contributed by atoms with Crippen molar-refractivity contribution in [1.82, 2.24) is 4.98 Å². The van der Waals surface area contributed by atoms with Gasteiger partial charge < -0.3 is 10.1 Å². The normalized spacial score (nSPS) is 11.1. The Morgan fingerprint density at radius 2 is 1.73 bits per heavy atom. The average Bonchev–Trinajstić information content (AvgIpc) is 2.69. The lowest BCUT2D eigenvalue weighted by Gasteiger charge is -2.13. The van der Waals surface area contributed by atoms with Gasteiger partial charge in [0.25, 0.3) is 5.91 Å². The maximum atomic E-state index is 12.8. The van der Waals surface area contributed by atoms with Crippen molar-refractivity contribution in [3.8, 4) is 17.0 Å². The van der Waals surface area contributed by atoms with Gasteiger partial charge in [-0.05, 0) is 55.0 Å². The summed E-state index contributed by atoms with van der Waals surface area (Å²) in [7, 11) is 0. The maximum absolute atomic E-state index is 12.8. The van der Waals surface area contributed by atoms with Gasteiger partial charge in [0.2, 0.25) is 0 Å². The number of alkyl halides is 3. The smallest absolute Gasteiger partial charge is 0.416 e. The number of benzene rings is 2. The molecule has 3 aromatic rings. The fourth-order valence-corrected chi connectivity index (χ4v) is 2.83. The van der Waals surface area contributed by atoms with Gasteiger partial charge in [-0.1, -0.05) is 12.1 Å². The number of hydrogen-bond acceptors (Lipinski definition) is 4. The summed E-state index contributed by atoms with van der Waals surface area (Å²) >= 11 is 0. The number of pyridine rings is 1. The topological polar surface area (TPSA) is 68.3 Å². The Hall–Kier alpha value is -3.68. The quantitative estimate of drug-likeness (QED) is 0.468. The summed E-state index contributed by atoms with van der Waals surface area (Å²) in [5, 5.41) is 2.75. The fourth-order valence-electron chi connectivity index (χ4n) is 2.83. The number of esters is 1. The number of halogens is 3. The van der Waals surface area contributed by atoms with Crippen LogP contribution in [0.25, 0.3) is 11.3 Å². The van der Waals surface area contributed by atoms with E-state index >= 15 is 0 Å². The van der Waals surface area contributed by atoms with Gasteiger partial charge in [0.1, 0.15) is 5.75 Å². The molecule has 5 nitrogen and oxygen atoms in total. The molecule has 3 rings (SSSR count). The molecule has 30 heavy (non-hydrogen) atoms. The number of aromatic nitrogens is 1. The van der Waals surface area contributed by atoms with Crippen molar-refractivity contribution in [2.75, 3.05) is 5.32 Å². The van der Waals surface area contributed by atoms with Gasteiger partial charge in [-0.25, -0.2) is 0 Å². The number of rotatable bonds is 4. The number of amides is 1. The van der Waals surface area contributed by atoms with Crippen LogP contribution in [0.3, 0.4) is 0 Å². The second-order valence-corrected chi connectivity index (χ2v) is 6.50. The van der Waals surface area contributed by atoms with Crippen molar-refractivity contribution in [2.45, 2.75) is 20.0 Å². The van der Waals surface area contributed by atoms with Gasteiger partial charge in [-0.15, -0.1) is 0 Å². The first kappa shape index (κ1) is 21.0. The zero-order valence-corrected chi connectivity index (χ0v) is 16.1. The van der Waals surface area contributed by atoms with E-state index in [1.54, 1.807) is 31.2 Å². The van der Waals surface area contributed by atoms with Gasteiger partial charge in [-0.3, -0.25) is 14.6 Å². The predicted octanol–water partition coefficient (Wildman–Crippen LogP) is 5.25. The Kier molecular flexibility index (Phi) is 5.86. The third-order valence-corrected chi connectivity index (χ3v) is 4.25. The Bertz CT molecular complexity index is 1090. The van der Waals surface area contributed by atoms with Crippen LogP contribution in [0.4, 0.5) is 18.9 Å². The van der Waals surface area contributed by atoms with Crippen molar-refractivity contribution in [3.63, 3.8) is 0 Å². The minimum absolute atomic E-state index is 0.209. The highest BCUT2D eigenvalue weighted by atomic mass is 19.4. The summed E-state index contributed by atoms with van der Waals surface area (Å²) in [5.41, 5.74) is 1.24. The molecule has 0 atom stereocenters. The van der Waals surface area contributed by atoms with E-state index in [0.29, 0.717) is 22.6 Å².